The molecule has 2 aromatic heterocycles. The van der Waals surface area contributed by atoms with Crippen molar-refractivity contribution in [3.8, 4) is 0 Å². The molecule has 0 fully saturated rings. The first-order valence-corrected chi connectivity index (χ1v) is 9.05. The molecule has 26 heavy (non-hydrogen) atoms. The molecule has 0 saturated carbocycles. The van der Waals surface area contributed by atoms with Gasteiger partial charge in [-0.25, -0.2) is 4.39 Å². The fraction of sp³-hybridized carbons (Fsp3) is 0.294. The summed E-state index contributed by atoms with van der Waals surface area (Å²) in [6.45, 7) is 4.26. The number of amides is 1. The Morgan fingerprint density at radius 2 is 2.04 bits per heavy atom. The summed E-state index contributed by atoms with van der Waals surface area (Å²) in [6.07, 6.45) is 0. The number of thioether (sulfide) groups is 1. The SMILES string of the molecule is CC(C)c1cc(=O)[nH]c2nnc(SCC(=O)NCc3ccc(F)cc3)n12. The number of nitrogens with one attached hydrogen (secondary N) is 2. The molecule has 9 heteroatoms. The van der Waals surface area contributed by atoms with Gasteiger partial charge in [0.05, 0.1) is 5.75 Å². The maximum absolute atomic E-state index is 12.9. The third-order valence-corrected chi connectivity index (χ3v) is 4.66. The van der Waals surface area contributed by atoms with E-state index in [0.717, 1.165) is 11.3 Å². The molecule has 0 spiro atoms. The van der Waals surface area contributed by atoms with Gasteiger partial charge in [0.25, 0.3) is 5.56 Å². The van der Waals surface area contributed by atoms with Crippen molar-refractivity contribution in [2.24, 2.45) is 0 Å². The van der Waals surface area contributed by atoms with Gasteiger partial charge in [-0.3, -0.25) is 19.0 Å². The zero-order valence-corrected chi connectivity index (χ0v) is 15.1. The van der Waals surface area contributed by atoms with E-state index in [1.807, 2.05) is 13.8 Å². The monoisotopic (exact) mass is 375 g/mol. The Morgan fingerprint density at radius 1 is 1.31 bits per heavy atom. The van der Waals surface area contributed by atoms with Gasteiger partial charge in [0.2, 0.25) is 11.7 Å². The van der Waals surface area contributed by atoms with Crippen molar-refractivity contribution < 1.29 is 9.18 Å². The second-order valence-electron chi connectivity index (χ2n) is 6.05. The molecule has 3 rings (SSSR count). The summed E-state index contributed by atoms with van der Waals surface area (Å²) in [5.74, 6) is 0.122. The number of H-pyrrole nitrogens is 1. The summed E-state index contributed by atoms with van der Waals surface area (Å²) < 4.78 is 14.6. The minimum absolute atomic E-state index is 0.0995. The highest BCUT2D eigenvalue weighted by Gasteiger charge is 2.15. The van der Waals surface area contributed by atoms with Gasteiger partial charge in [0, 0.05) is 18.3 Å². The number of hydrogen-bond donors (Lipinski definition) is 2. The zero-order chi connectivity index (χ0) is 18.7. The Labute approximate surface area is 153 Å². The van der Waals surface area contributed by atoms with Crippen LogP contribution in [-0.4, -0.2) is 31.2 Å². The van der Waals surface area contributed by atoms with E-state index in [2.05, 4.69) is 20.5 Å². The average Bonchev–Trinajstić information content (AvgIpc) is 3.01. The number of benzene rings is 1. The lowest BCUT2D eigenvalue weighted by atomic mass is 10.1. The maximum atomic E-state index is 12.9. The standard InChI is InChI=1S/C17H18FN5O2S/c1-10(2)13-7-14(24)20-16-21-22-17(23(13)16)26-9-15(25)19-8-11-3-5-12(18)6-4-11/h3-7,10H,8-9H2,1-2H3,(H,19,25)(H,20,21,24). The van der Waals surface area contributed by atoms with Gasteiger partial charge >= 0.3 is 0 Å². The van der Waals surface area contributed by atoms with E-state index < -0.39 is 0 Å². The molecule has 1 aromatic carbocycles. The second kappa shape index (κ2) is 7.69. The Kier molecular flexibility index (Phi) is 5.36. The van der Waals surface area contributed by atoms with Crippen LogP contribution in [0.1, 0.15) is 31.0 Å². The Bertz CT molecular complexity index is 981. The van der Waals surface area contributed by atoms with Crippen LogP contribution >= 0.6 is 11.8 Å². The highest BCUT2D eigenvalue weighted by atomic mass is 32.2. The van der Waals surface area contributed by atoms with Crippen LogP contribution in [0.15, 0.2) is 40.3 Å². The summed E-state index contributed by atoms with van der Waals surface area (Å²) >= 11 is 1.23. The van der Waals surface area contributed by atoms with Crippen LogP contribution < -0.4 is 10.9 Å². The van der Waals surface area contributed by atoms with Crippen molar-refractivity contribution in [2.45, 2.75) is 31.5 Å². The van der Waals surface area contributed by atoms with Crippen LogP contribution in [0.4, 0.5) is 4.39 Å². The molecule has 0 aliphatic heterocycles. The predicted molar refractivity (Wildman–Crippen MR) is 96.7 cm³/mol. The van der Waals surface area contributed by atoms with Crippen LogP contribution in [0.2, 0.25) is 0 Å². The highest BCUT2D eigenvalue weighted by Crippen LogP contribution is 2.21. The first-order chi connectivity index (χ1) is 12.4. The van der Waals surface area contributed by atoms with E-state index in [1.54, 1.807) is 16.5 Å². The van der Waals surface area contributed by atoms with Gasteiger partial charge < -0.3 is 5.32 Å². The van der Waals surface area contributed by atoms with Gasteiger partial charge in [-0.05, 0) is 23.6 Å². The fourth-order valence-electron chi connectivity index (χ4n) is 2.43. The number of nitrogens with zero attached hydrogens (tertiary/aromatic N) is 3. The topological polar surface area (TPSA) is 92.2 Å². The molecule has 0 atom stereocenters. The molecular formula is C17H18FN5O2S. The van der Waals surface area contributed by atoms with Gasteiger partial charge in [-0.1, -0.05) is 37.7 Å². The van der Waals surface area contributed by atoms with E-state index in [1.165, 1.54) is 30.0 Å². The van der Waals surface area contributed by atoms with E-state index in [0.29, 0.717) is 17.5 Å². The Morgan fingerprint density at radius 3 is 2.73 bits per heavy atom. The first kappa shape index (κ1) is 18.1. The van der Waals surface area contributed by atoms with E-state index in [9.17, 15) is 14.0 Å². The lowest BCUT2D eigenvalue weighted by Gasteiger charge is -2.10. The molecule has 0 aliphatic carbocycles. The van der Waals surface area contributed by atoms with Gasteiger partial charge in [0.15, 0.2) is 5.16 Å². The molecule has 0 aliphatic rings. The summed E-state index contributed by atoms with van der Waals surface area (Å²) in [5, 5.41) is 11.4. The number of aromatic amines is 1. The van der Waals surface area contributed by atoms with Gasteiger partial charge in [0.1, 0.15) is 5.82 Å². The third-order valence-electron chi connectivity index (χ3n) is 3.73. The van der Waals surface area contributed by atoms with Crippen LogP contribution in [-0.2, 0) is 11.3 Å². The number of rotatable bonds is 6. The number of halogens is 1. The quantitative estimate of drug-likeness (QED) is 0.644. The molecule has 0 bridgehead atoms. The Balaban J connectivity index is 1.66. The number of hydrogen-bond acceptors (Lipinski definition) is 5. The highest BCUT2D eigenvalue weighted by molar-refractivity contribution is 7.99. The lowest BCUT2D eigenvalue weighted by molar-refractivity contribution is -0.118. The predicted octanol–water partition coefficient (Wildman–Crippen LogP) is 2.09. The minimum atomic E-state index is -0.312. The van der Waals surface area contributed by atoms with Crippen LogP contribution in [0.25, 0.3) is 5.78 Å². The number of fused-ring (bicyclic) bond motifs is 1. The van der Waals surface area contributed by atoms with Crippen molar-refractivity contribution in [3.63, 3.8) is 0 Å². The van der Waals surface area contributed by atoms with Crippen LogP contribution in [0.5, 0.6) is 0 Å². The smallest absolute Gasteiger partial charge is 0.252 e. The average molecular weight is 375 g/mol. The largest absolute Gasteiger partial charge is 0.351 e. The molecule has 1 amide bonds. The number of carbonyl (C=O) groups is 1. The number of carbonyl (C=O) groups excluding carboxylic acids is 1. The molecule has 3 aromatic rings. The normalized spacial score (nSPS) is 11.2. The summed E-state index contributed by atoms with van der Waals surface area (Å²) in [6, 6.07) is 7.47. The fourth-order valence-corrected chi connectivity index (χ4v) is 3.21. The van der Waals surface area contributed by atoms with E-state index in [-0.39, 0.29) is 29.0 Å². The third kappa shape index (κ3) is 4.10. The molecular weight excluding hydrogens is 357 g/mol. The molecule has 0 saturated heterocycles. The Hall–Kier alpha value is -2.68. The molecule has 7 nitrogen and oxygen atoms in total. The van der Waals surface area contributed by atoms with Gasteiger partial charge in [-0.2, -0.15) is 0 Å². The minimum Gasteiger partial charge on any atom is -0.351 e. The molecule has 0 radical (unpaired) electrons. The van der Waals surface area contributed by atoms with E-state index >= 15 is 0 Å². The van der Waals surface area contributed by atoms with Crippen molar-refractivity contribution in [3.05, 3.63) is 57.8 Å². The molecule has 2 heterocycles. The number of aromatic nitrogens is 4. The second-order valence-corrected chi connectivity index (χ2v) is 6.99. The van der Waals surface area contributed by atoms with Crippen molar-refractivity contribution in [1.29, 1.82) is 0 Å². The van der Waals surface area contributed by atoms with Crippen molar-refractivity contribution in [1.82, 2.24) is 24.9 Å². The van der Waals surface area contributed by atoms with Crippen molar-refractivity contribution in [2.75, 3.05) is 5.75 Å². The van der Waals surface area contributed by atoms with Crippen LogP contribution in [0.3, 0.4) is 0 Å². The first-order valence-electron chi connectivity index (χ1n) is 8.06. The molecule has 0 unspecified atom stereocenters. The molecule has 136 valence electrons. The van der Waals surface area contributed by atoms with Crippen molar-refractivity contribution >= 4 is 23.4 Å². The zero-order valence-electron chi connectivity index (χ0n) is 14.3. The summed E-state index contributed by atoms with van der Waals surface area (Å²) in [7, 11) is 0. The summed E-state index contributed by atoms with van der Waals surface area (Å²) in [4.78, 5) is 26.4. The lowest BCUT2D eigenvalue weighted by Crippen LogP contribution is -2.24. The maximum Gasteiger partial charge on any atom is 0.252 e. The van der Waals surface area contributed by atoms with E-state index in [4.69, 9.17) is 0 Å². The van der Waals surface area contributed by atoms with Crippen LogP contribution in [0, 0.1) is 5.82 Å². The summed E-state index contributed by atoms with van der Waals surface area (Å²) in [5.41, 5.74) is 1.36. The molecule has 2 N–H and O–H groups in total. The van der Waals surface area contributed by atoms with Gasteiger partial charge in [-0.15, -0.1) is 10.2 Å².